The van der Waals surface area contributed by atoms with Crippen molar-refractivity contribution in [3.8, 4) is 0 Å². The van der Waals surface area contributed by atoms with Gasteiger partial charge in [-0.3, -0.25) is 0 Å². The van der Waals surface area contributed by atoms with Crippen molar-refractivity contribution in [2.75, 3.05) is 11.6 Å². The first-order chi connectivity index (χ1) is 11.7. The van der Waals surface area contributed by atoms with Crippen molar-refractivity contribution in [1.82, 2.24) is 0 Å². The van der Waals surface area contributed by atoms with Crippen LogP contribution in [-0.2, 0) is 14.3 Å². The molecule has 1 heterocycles. The van der Waals surface area contributed by atoms with E-state index >= 15 is 0 Å². The van der Waals surface area contributed by atoms with Crippen LogP contribution in [-0.4, -0.2) is 18.5 Å². The third kappa shape index (κ3) is 3.51. The van der Waals surface area contributed by atoms with Crippen molar-refractivity contribution in [2.45, 2.75) is 19.8 Å². The average molecular weight is 345 g/mol. The molecule has 0 spiro atoms. The van der Waals surface area contributed by atoms with Crippen LogP contribution in [0.4, 0.5) is 5.69 Å². The van der Waals surface area contributed by atoms with Crippen molar-refractivity contribution in [3.05, 3.63) is 65.0 Å². The summed E-state index contributed by atoms with van der Waals surface area (Å²) in [5.41, 5.74) is 2.59. The number of nitrogens with zero attached hydrogens (tertiary/aromatic N) is 2. The van der Waals surface area contributed by atoms with E-state index in [2.05, 4.69) is 11.2 Å². The second-order valence-electron chi connectivity index (χ2n) is 5.20. The van der Waals surface area contributed by atoms with E-state index in [-0.39, 0.29) is 12.5 Å². The maximum atomic E-state index is 11.9. The van der Waals surface area contributed by atoms with Crippen LogP contribution in [0, 0.1) is 0 Å². The largest absolute Gasteiger partial charge is 0.459 e. The molecule has 1 aliphatic heterocycles. The van der Waals surface area contributed by atoms with Gasteiger partial charge in [0, 0.05) is 5.02 Å². The molecule has 0 N–H and O–H groups in total. The zero-order valence-corrected chi connectivity index (χ0v) is 14.0. The lowest BCUT2D eigenvalue weighted by molar-refractivity contribution is -0.136. The summed E-state index contributed by atoms with van der Waals surface area (Å²) >= 11 is 6.10. The number of ether oxygens (including phenoxy) is 2. The van der Waals surface area contributed by atoms with Crippen LogP contribution in [0.15, 0.2) is 65.1 Å². The van der Waals surface area contributed by atoms with Crippen LogP contribution in [0.1, 0.15) is 19.8 Å². The third-order valence-corrected chi connectivity index (χ3v) is 3.78. The van der Waals surface area contributed by atoms with E-state index in [9.17, 15) is 4.79 Å². The van der Waals surface area contributed by atoms with Crippen LogP contribution in [0.2, 0.25) is 5.02 Å². The molecule has 24 heavy (non-hydrogen) atoms. The predicted molar refractivity (Wildman–Crippen MR) is 93.6 cm³/mol. The van der Waals surface area contributed by atoms with Gasteiger partial charge >= 0.3 is 11.9 Å². The van der Waals surface area contributed by atoms with Crippen molar-refractivity contribution in [2.24, 2.45) is 5.10 Å². The Labute approximate surface area is 145 Å². The van der Waals surface area contributed by atoms with E-state index in [1.165, 1.54) is 6.26 Å². The molecule has 0 radical (unpaired) electrons. The fourth-order valence-electron chi connectivity index (χ4n) is 2.44. The van der Waals surface area contributed by atoms with Gasteiger partial charge in [-0.25, -0.2) is 9.80 Å². The minimum Gasteiger partial charge on any atom is -0.459 e. The highest BCUT2D eigenvalue weighted by Gasteiger charge is 2.26. The average Bonchev–Trinajstić information content (AvgIpc) is 2.62. The number of rotatable bonds is 4. The predicted octanol–water partition coefficient (Wildman–Crippen LogP) is 4.17. The normalized spacial score (nSPS) is 16.8. The van der Waals surface area contributed by atoms with Gasteiger partial charge < -0.3 is 9.47 Å². The molecular formula is C18H17ClN2O3. The topological polar surface area (TPSA) is 51.1 Å². The molecule has 0 bridgehead atoms. The molecule has 0 atom stereocenters. The van der Waals surface area contributed by atoms with Gasteiger partial charge in [0.25, 0.3) is 0 Å². The quantitative estimate of drug-likeness (QED) is 0.769. The number of carbonyl (C=O) groups is 1. The molecule has 6 heteroatoms. The van der Waals surface area contributed by atoms with Crippen LogP contribution >= 0.6 is 11.6 Å². The Kier molecular flexibility index (Phi) is 5.01. The minimum atomic E-state index is -0.600. The third-order valence-electron chi connectivity index (χ3n) is 3.55. The number of carbonyl (C=O) groups excluding carboxylic acids is 1. The number of benzene rings is 1. The first kappa shape index (κ1) is 16.3. The van der Waals surface area contributed by atoms with Gasteiger partial charge in [-0.15, -0.1) is 5.10 Å². The second kappa shape index (κ2) is 7.36. The summed E-state index contributed by atoms with van der Waals surface area (Å²) in [5, 5.41) is 6.58. The van der Waals surface area contributed by atoms with E-state index in [0.717, 1.165) is 29.8 Å². The number of hydrazone groups is 1. The Morgan fingerprint density at radius 1 is 1.46 bits per heavy atom. The molecule has 2 aliphatic rings. The molecule has 5 nitrogen and oxygen atoms in total. The molecule has 1 aromatic carbocycles. The molecule has 3 rings (SSSR count). The lowest BCUT2D eigenvalue weighted by atomic mass is 10.0. The number of hydrogen-bond acceptors (Lipinski definition) is 5. The lowest BCUT2D eigenvalue weighted by Crippen LogP contribution is -2.30. The maximum absolute atomic E-state index is 11.9. The Morgan fingerprint density at radius 3 is 3.04 bits per heavy atom. The number of allylic oxidation sites excluding steroid dienone is 4. The number of hydrogen-bond donors (Lipinski definition) is 0. The van der Waals surface area contributed by atoms with Gasteiger partial charge in [-0.2, -0.15) is 0 Å². The van der Waals surface area contributed by atoms with Gasteiger partial charge in [-0.05, 0) is 43.5 Å². The smallest absolute Gasteiger partial charge is 0.396 e. The molecule has 0 saturated carbocycles. The fourth-order valence-corrected chi connectivity index (χ4v) is 2.63. The highest BCUT2D eigenvalue weighted by Crippen LogP contribution is 2.32. The fraction of sp³-hybridized carbons (Fsp3) is 0.222. The Morgan fingerprint density at radius 2 is 2.33 bits per heavy atom. The van der Waals surface area contributed by atoms with E-state index in [4.69, 9.17) is 21.1 Å². The number of anilines is 1. The van der Waals surface area contributed by atoms with E-state index in [1.807, 2.05) is 24.3 Å². The molecule has 0 saturated heterocycles. The molecule has 0 amide bonds. The first-order valence-corrected chi connectivity index (χ1v) is 8.11. The summed E-state index contributed by atoms with van der Waals surface area (Å²) in [6.45, 7) is 1.99. The first-order valence-electron chi connectivity index (χ1n) is 7.73. The van der Waals surface area contributed by atoms with Crippen LogP contribution in [0.25, 0.3) is 0 Å². The lowest BCUT2D eigenvalue weighted by Gasteiger charge is -2.28. The molecule has 0 unspecified atom stereocenters. The van der Waals surface area contributed by atoms with Crippen LogP contribution in [0.3, 0.4) is 0 Å². The Bertz CT molecular complexity index is 765. The van der Waals surface area contributed by atoms with Crippen LogP contribution < -0.4 is 5.01 Å². The highest BCUT2D eigenvalue weighted by atomic mass is 35.5. The van der Waals surface area contributed by atoms with E-state index in [0.29, 0.717) is 5.02 Å². The summed E-state index contributed by atoms with van der Waals surface area (Å²) in [6.07, 6.45) is 9.46. The summed E-state index contributed by atoms with van der Waals surface area (Å²) < 4.78 is 10.4. The van der Waals surface area contributed by atoms with Crippen molar-refractivity contribution < 1.29 is 14.3 Å². The standard InChI is InChI=1S/C18H17ClN2O3/c1-2-23-18(22)17-20-21(15-10-6-9-14(19)11-15)16(12-24-17)13-7-4-3-5-8-13/h3-4,6-7,9-12H,2,5,8H2,1H3. The summed E-state index contributed by atoms with van der Waals surface area (Å²) in [6, 6.07) is 7.27. The van der Waals surface area contributed by atoms with Gasteiger partial charge in [0.05, 0.1) is 12.3 Å². The molecule has 0 fully saturated rings. The van der Waals surface area contributed by atoms with Gasteiger partial charge in [0.1, 0.15) is 12.0 Å². The van der Waals surface area contributed by atoms with Gasteiger partial charge in [0.15, 0.2) is 0 Å². The molecular weight excluding hydrogens is 328 g/mol. The monoisotopic (exact) mass is 344 g/mol. The zero-order chi connectivity index (χ0) is 16.9. The van der Waals surface area contributed by atoms with Crippen LogP contribution in [0.5, 0.6) is 0 Å². The second-order valence-corrected chi connectivity index (χ2v) is 5.63. The minimum absolute atomic E-state index is 0.104. The van der Waals surface area contributed by atoms with Crippen molar-refractivity contribution >= 4 is 29.2 Å². The molecule has 1 aliphatic carbocycles. The summed E-state index contributed by atoms with van der Waals surface area (Å²) in [7, 11) is 0. The number of halogens is 1. The summed E-state index contributed by atoms with van der Waals surface area (Å²) in [5.74, 6) is -0.704. The zero-order valence-electron chi connectivity index (χ0n) is 13.2. The maximum Gasteiger partial charge on any atom is 0.396 e. The Hall–Kier alpha value is -2.53. The van der Waals surface area contributed by atoms with E-state index < -0.39 is 5.97 Å². The summed E-state index contributed by atoms with van der Waals surface area (Å²) in [4.78, 5) is 11.9. The van der Waals surface area contributed by atoms with Crippen molar-refractivity contribution in [1.29, 1.82) is 0 Å². The number of esters is 1. The van der Waals surface area contributed by atoms with Crippen molar-refractivity contribution in [3.63, 3.8) is 0 Å². The van der Waals surface area contributed by atoms with Gasteiger partial charge in [-0.1, -0.05) is 35.9 Å². The Balaban J connectivity index is 1.99. The molecule has 0 aromatic heterocycles. The highest BCUT2D eigenvalue weighted by molar-refractivity contribution is 6.33. The van der Waals surface area contributed by atoms with E-state index in [1.54, 1.807) is 24.1 Å². The SMILES string of the molecule is CCOC(=O)C1=NN(c2cccc(Cl)c2)C(C2=CC=CCC2)=CO1. The molecule has 1 aromatic rings. The van der Waals surface area contributed by atoms with Gasteiger partial charge in [0.2, 0.25) is 0 Å². The molecule has 124 valence electrons.